The zero-order valence-corrected chi connectivity index (χ0v) is 20.1. The van der Waals surface area contributed by atoms with Crippen LogP contribution in [-0.4, -0.2) is 61.3 Å². The fourth-order valence-electron chi connectivity index (χ4n) is 6.16. The minimum Gasteiger partial charge on any atom is -0.480 e. The number of aryl methyl sites for hydroxylation is 1. The van der Waals surface area contributed by atoms with E-state index in [2.05, 4.69) is 15.1 Å². The Kier molecular flexibility index (Phi) is 6.55. The van der Waals surface area contributed by atoms with Crippen LogP contribution in [0.5, 0.6) is 5.88 Å². The molecule has 1 aromatic carbocycles. The quantitative estimate of drug-likeness (QED) is 0.466. The maximum absolute atomic E-state index is 13.9. The molecular weight excluding hydrogens is 461 g/mol. The third kappa shape index (κ3) is 5.33. The predicted octanol–water partition coefficient (Wildman–Crippen LogP) is 4.09. The van der Waals surface area contributed by atoms with Gasteiger partial charge in [-0.1, -0.05) is 6.07 Å². The lowest BCUT2D eigenvalue weighted by Gasteiger charge is -2.30. The first-order chi connectivity index (χ1) is 16.6. The first kappa shape index (κ1) is 24.5. The molecule has 188 valence electrons. The molecule has 0 spiro atoms. The second-order valence-electron chi connectivity index (χ2n) is 10.7. The zero-order chi connectivity index (χ0) is 24.8. The summed E-state index contributed by atoms with van der Waals surface area (Å²) in [5, 5.41) is 7.84. The van der Waals surface area contributed by atoms with E-state index in [0.29, 0.717) is 23.3 Å². The number of aromatic nitrogens is 2. The number of alkyl halides is 3. The summed E-state index contributed by atoms with van der Waals surface area (Å²) in [7, 11) is 1.95. The van der Waals surface area contributed by atoms with Gasteiger partial charge in [0.25, 0.3) is 0 Å². The Labute approximate surface area is 203 Å². The summed E-state index contributed by atoms with van der Waals surface area (Å²) in [5.74, 6) is 0.836. The van der Waals surface area contributed by atoms with Gasteiger partial charge in [0.15, 0.2) is 7.85 Å². The van der Waals surface area contributed by atoms with Gasteiger partial charge in [0.2, 0.25) is 5.88 Å². The third-order valence-corrected chi connectivity index (χ3v) is 7.78. The molecule has 2 saturated heterocycles. The van der Waals surface area contributed by atoms with Crippen LogP contribution in [-0.2, 0) is 10.9 Å². The van der Waals surface area contributed by atoms with Crippen LogP contribution in [0.4, 0.5) is 17.6 Å². The maximum Gasteiger partial charge on any atom is 0.418 e. The number of ether oxygens (including phenoxy) is 2. The molecule has 0 unspecified atom stereocenters. The fraction of sp³-hybridized carbons (Fsp3) is 0.600. The standard InChI is InChI=1S/C25H30BF4N3O2/c1-15-2-3-19(27)8-20(15)23-21(25(28,29)30)9-22(31-32-23)35-24(26)10-17-13-33(14-18(17)11-24)12-16-4-6-34-7-5-16/h2-3,8-9,16-18H,4-7,10-14,26H2,1H3/t17-,18+,24+. The van der Waals surface area contributed by atoms with Crippen LogP contribution in [0.3, 0.4) is 0 Å². The lowest BCUT2D eigenvalue weighted by molar-refractivity contribution is -0.137. The second kappa shape index (κ2) is 9.35. The van der Waals surface area contributed by atoms with E-state index < -0.39 is 23.1 Å². The molecule has 5 nitrogen and oxygen atoms in total. The first-order valence-electron chi connectivity index (χ1n) is 12.3. The van der Waals surface area contributed by atoms with Gasteiger partial charge >= 0.3 is 6.18 Å². The highest BCUT2D eigenvalue weighted by Gasteiger charge is 2.48. The molecule has 3 heterocycles. The van der Waals surface area contributed by atoms with Crippen molar-refractivity contribution < 1.29 is 27.0 Å². The summed E-state index contributed by atoms with van der Waals surface area (Å²) < 4.78 is 67.2. The van der Waals surface area contributed by atoms with E-state index in [1.54, 1.807) is 6.92 Å². The van der Waals surface area contributed by atoms with Crippen LogP contribution in [0.1, 0.15) is 36.8 Å². The van der Waals surface area contributed by atoms with Gasteiger partial charge < -0.3 is 14.4 Å². The van der Waals surface area contributed by atoms with Crippen molar-refractivity contribution in [1.82, 2.24) is 15.1 Å². The van der Waals surface area contributed by atoms with Crippen LogP contribution in [0.15, 0.2) is 24.3 Å². The van der Waals surface area contributed by atoms with Crippen molar-refractivity contribution in [3.8, 4) is 17.1 Å². The van der Waals surface area contributed by atoms with Crippen LogP contribution in [0.25, 0.3) is 11.3 Å². The SMILES string of the molecule is B[C@@]1(Oc2cc(C(F)(F)F)c(-c3cc(F)ccc3C)nn2)C[C@H]2CN(CC3CCOCC3)C[C@H]2C1. The molecule has 2 aliphatic heterocycles. The van der Waals surface area contributed by atoms with Crippen LogP contribution in [0.2, 0.25) is 0 Å². The van der Waals surface area contributed by atoms with Crippen molar-refractivity contribution in [3.63, 3.8) is 0 Å². The molecule has 1 aliphatic carbocycles. The number of halogens is 4. The molecule has 3 fully saturated rings. The van der Waals surface area contributed by atoms with Crippen molar-refractivity contribution in [3.05, 3.63) is 41.2 Å². The Morgan fingerprint density at radius 3 is 2.46 bits per heavy atom. The molecule has 0 amide bonds. The Morgan fingerprint density at radius 2 is 1.80 bits per heavy atom. The summed E-state index contributed by atoms with van der Waals surface area (Å²) in [6.45, 7) is 6.39. The van der Waals surface area contributed by atoms with Crippen molar-refractivity contribution >= 4 is 7.85 Å². The average molecular weight is 491 g/mol. The molecule has 5 rings (SSSR count). The van der Waals surface area contributed by atoms with E-state index in [1.807, 2.05) is 7.85 Å². The van der Waals surface area contributed by atoms with Crippen LogP contribution in [0, 0.1) is 30.5 Å². The molecule has 2 aromatic rings. The van der Waals surface area contributed by atoms with Gasteiger partial charge in [-0.05, 0) is 68.1 Å². The molecule has 35 heavy (non-hydrogen) atoms. The zero-order valence-electron chi connectivity index (χ0n) is 20.1. The predicted molar refractivity (Wildman–Crippen MR) is 125 cm³/mol. The lowest BCUT2D eigenvalue weighted by Crippen LogP contribution is -2.38. The molecule has 3 aliphatic rings. The Balaban J connectivity index is 1.29. The molecule has 0 radical (unpaired) electrons. The minimum atomic E-state index is -4.68. The van der Waals surface area contributed by atoms with E-state index in [0.717, 1.165) is 70.7 Å². The fourth-order valence-corrected chi connectivity index (χ4v) is 6.16. The van der Waals surface area contributed by atoms with Crippen molar-refractivity contribution in [2.45, 2.75) is 44.3 Å². The second-order valence-corrected chi connectivity index (χ2v) is 10.7. The normalized spacial score (nSPS) is 27.8. The van der Waals surface area contributed by atoms with Crippen LogP contribution < -0.4 is 4.74 Å². The number of rotatable bonds is 5. The molecule has 0 bridgehead atoms. The van der Waals surface area contributed by atoms with Crippen molar-refractivity contribution in [2.24, 2.45) is 17.8 Å². The van der Waals surface area contributed by atoms with Gasteiger partial charge in [0.1, 0.15) is 11.5 Å². The van der Waals surface area contributed by atoms with E-state index in [9.17, 15) is 17.6 Å². The van der Waals surface area contributed by atoms with E-state index >= 15 is 0 Å². The molecule has 0 N–H and O–H groups in total. The third-order valence-electron chi connectivity index (χ3n) is 7.78. The van der Waals surface area contributed by atoms with Gasteiger partial charge in [-0.3, -0.25) is 0 Å². The number of nitrogens with zero attached hydrogens (tertiary/aromatic N) is 3. The summed E-state index contributed by atoms with van der Waals surface area (Å²) in [6.07, 6.45) is -0.915. The Morgan fingerprint density at radius 1 is 1.11 bits per heavy atom. The highest BCUT2D eigenvalue weighted by atomic mass is 19.4. The summed E-state index contributed by atoms with van der Waals surface area (Å²) in [4.78, 5) is 2.53. The van der Waals surface area contributed by atoms with E-state index in [-0.39, 0.29) is 17.1 Å². The van der Waals surface area contributed by atoms with Crippen molar-refractivity contribution in [2.75, 3.05) is 32.8 Å². The maximum atomic E-state index is 13.9. The van der Waals surface area contributed by atoms with Crippen molar-refractivity contribution in [1.29, 1.82) is 0 Å². The molecule has 10 heteroatoms. The molecular formula is C25H30BF4N3O2. The molecule has 1 aromatic heterocycles. The van der Waals surface area contributed by atoms with Gasteiger partial charge in [0.05, 0.1) is 11.1 Å². The van der Waals surface area contributed by atoms with Gasteiger partial charge in [0, 0.05) is 44.5 Å². The highest BCUT2D eigenvalue weighted by molar-refractivity contribution is 6.15. The number of hydrogen-bond acceptors (Lipinski definition) is 5. The number of likely N-dealkylation sites (tertiary alicyclic amines) is 1. The highest BCUT2D eigenvalue weighted by Crippen LogP contribution is 2.45. The van der Waals surface area contributed by atoms with Gasteiger partial charge in [-0.15, -0.1) is 10.2 Å². The lowest BCUT2D eigenvalue weighted by atomic mass is 9.78. The number of benzene rings is 1. The minimum absolute atomic E-state index is 0.0719. The van der Waals surface area contributed by atoms with Gasteiger partial charge in [-0.25, -0.2) is 4.39 Å². The molecule has 1 saturated carbocycles. The summed E-state index contributed by atoms with van der Waals surface area (Å²) >= 11 is 0. The summed E-state index contributed by atoms with van der Waals surface area (Å²) in [5.41, 5.74) is -1.39. The Bertz CT molecular complexity index is 1060. The van der Waals surface area contributed by atoms with Gasteiger partial charge in [-0.2, -0.15) is 13.2 Å². The first-order valence-corrected chi connectivity index (χ1v) is 12.3. The molecule has 3 atom stereocenters. The monoisotopic (exact) mass is 491 g/mol. The average Bonchev–Trinajstić information content (AvgIpc) is 3.29. The number of fused-ring (bicyclic) bond motifs is 1. The van der Waals surface area contributed by atoms with E-state index in [4.69, 9.17) is 9.47 Å². The smallest absolute Gasteiger partial charge is 0.418 e. The largest absolute Gasteiger partial charge is 0.480 e. The van der Waals surface area contributed by atoms with Crippen LogP contribution >= 0.6 is 0 Å². The summed E-state index contributed by atoms with van der Waals surface area (Å²) in [6, 6.07) is 4.60. The van der Waals surface area contributed by atoms with E-state index in [1.165, 1.54) is 12.1 Å². The topological polar surface area (TPSA) is 47.5 Å². The number of hydrogen-bond donors (Lipinski definition) is 0. The Hall–Kier alpha value is -2.20.